The zero-order valence-corrected chi connectivity index (χ0v) is 21.5. The summed E-state index contributed by atoms with van der Waals surface area (Å²) in [5.41, 5.74) is 5.01. The number of nitrogens with zero attached hydrogens (tertiary/aromatic N) is 5. The number of aryl methyl sites for hydroxylation is 2. The lowest BCUT2D eigenvalue weighted by molar-refractivity contribution is -0.143. The van der Waals surface area contributed by atoms with Crippen molar-refractivity contribution in [1.82, 2.24) is 19.3 Å². The number of rotatable bonds is 5. The van der Waals surface area contributed by atoms with Crippen LogP contribution >= 0.6 is 0 Å². The highest BCUT2D eigenvalue weighted by Crippen LogP contribution is 2.42. The van der Waals surface area contributed by atoms with Crippen molar-refractivity contribution in [3.05, 3.63) is 41.5 Å². The average molecular weight is 494 g/mol. The van der Waals surface area contributed by atoms with Crippen LogP contribution in [-0.4, -0.2) is 49.7 Å². The summed E-state index contributed by atoms with van der Waals surface area (Å²) in [6.07, 6.45) is 9.17. The fourth-order valence-corrected chi connectivity index (χ4v) is 6.17. The molecular formula is C27H35N5O4. The smallest absolute Gasteiger partial charge is 0.414 e. The molecule has 0 bridgehead atoms. The number of amides is 1. The second-order valence-corrected chi connectivity index (χ2v) is 10.5. The Morgan fingerprint density at radius 3 is 2.75 bits per heavy atom. The largest absolute Gasteiger partial charge is 0.481 e. The van der Waals surface area contributed by atoms with Gasteiger partial charge in [-0.05, 0) is 63.1 Å². The molecule has 2 aromatic heterocycles. The molecule has 5 rings (SSSR count). The Hall–Kier alpha value is -3.36. The molecular weight excluding hydrogens is 458 g/mol. The lowest BCUT2D eigenvalue weighted by atomic mass is 9.85. The van der Waals surface area contributed by atoms with Gasteiger partial charge in [-0.2, -0.15) is 5.10 Å². The number of benzene rings is 1. The van der Waals surface area contributed by atoms with Crippen molar-refractivity contribution < 1.29 is 19.4 Å². The van der Waals surface area contributed by atoms with E-state index in [1.165, 1.54) is 7.11 Å². The summed E-state index contributed by atoms with van der Waals surface area (Å²) < 4.78 is 9.21. The molecule has 0 radical (unpaired) electrons. The third-order valence-corrected chi connectivity index (χ3v) is 7.96. The van der Waals surface area contributed by atoms with Crippen LogP contribution < -0.4 is 4.90 Å². The predicted molar refractivity (Wildman–Crippen MR) is 136 cm³/mol. The molecule has 9 nitrogen and oxygen atoms in total. The highest BCUT2D eigenvalue weighted by Gasteiger charge is 2.35. The first-order chi connectivity index (χ1) is 17.3. The Kier molecular flexibility index (Phi) is 6.49. The number of hydrogen-bond donors (Lipinski definition) is 1. The van der Waals surface area contributed by atoms with Gasteiger partial charge in [0, 0.05) is 36.8 Å². The van der Waals surface area contributed by atoms with E-state index in [0.29, 0.717) is 6.42 Å². The molecule has 2 aliphatic rings. The fraction of sp³-hybridized carbons (Fsp3) is 0.556. The number of carbonyl (C=O) groups is 2. The summed E-state index contributed by atoms with van der Waals surface area (Å²) in [5, 5.41) is 14.1. The fourth-order valence-electron chi connectivity index (χ4n) is 6.17. The van der Waals surface area contributed by atoms with E-state index in [1.54, 1.807) is 4.90 Å². The van der Waals surface area contributed by atoms with E-state index in [2.05, 4.69) is 22.7 Å². The SMILES string of the molecule is COC(=O)N1c2ccc3c(nc(C(C)Cc4cnn(C)c4)n3C3CCCC(C(=O)O)C3)c2CC[C@@H]1C. The molecule has 1 N–H and O–H groups in total. The number of fused-ring (bicyclic) bond motifs is 3. The van der Waals surface area contributed by atoms with Gasteiger partial charge in [0.1, 0.15) is 5.82 Å². The van der Waals surface area contributed by atoms with Crippen molar-refractivity contribution in [2.24, 2.45) is 13.0 Å². The Balaban J connectivity index is 1.64. The van der Waals surface area contributed by atoms with Gasteiger partial charge in [0.05, 0.1) is 35.9 Å². The third-order valence-electron chi connectivity index (χ3n) is 7.96. The predicted octanol–water partition coefficient (Wildman–Crippen LogP) is 4.84. The number of anilines is 1. The van der Waals surface area contributed by atoms with Crippen LogP contribution in [0.15, 0.2) is 24.5 Å². The van der Waals surface area contributed by atoms with Gasteiger partial charge < -0.3 is 14.4 Å². The molecule has 1 saturated carbocycles. The van der Waals surface area contributed by atoms with Gasteiger partial charge in [-0.3, -0.25) is 14.4 Å². The van der Waals surface area contributed by atoms with E-state index in [1.807, 2.05) is 37.1 Å². The quantitative estimate of drug-likeness (QED) is 0.546. The molecule has 9 heteroatoms. The summed E-state index contributed by atoms with van der Waals surface area (Å²) in [4.78, 5) is 31.4. The maximum absolute atomic E-state index is 12.6. The van der Waals surface area contributed by atoms with Crippen LogP contribution in [0.5, 0.6) is 0 Å². The molecule has 1 aliphatic heterocycles. The average Bonchev–Trinajstić information content (AvgIpc) is 3.46. The molecule has 1 amide bonds. The number of carboxylic acids is 1. The highest BCUT2D eigenvalue weighted by atomic mass is 16.5. The topological polar surface area (TPSA) is 102 Å². The molecule has 0 spiro atoms. The van der Waals surface area contributed by atoms with Crippen molar-refractivity contribution >= 4 is 28.8 Å². The maximum atomic E-state index is 12.6. The van der Waals surface area contributed by atoms with Gasteiger partial charge in [-0.1, -0.05) is 13.3 Å². The number of aliphatic carboxylic acids is 1. The standard InChI is InChI=1S/C27H35N5O4/c1-16(12-18-14-28-30(3)15-18)25-29-24-21-9-8-17(2)31(27(35)36-4)22(21)10-11-23(24)32(25)20-7-5-6-19(13-20)26(33)34/h10-11,14-17,19-20H,5-9,12-13H2,1-4H3,(H,33,34)/t16?,17-,19?,20?/m0/s1. The Morgan fingerprint density at radius 2 is 2.06 bits per heavy atom. The van der Waals surface area contributed by atoms with Crippen molar-refractivity contribution in [1.29, 1.82) is 0 Å². The van der Waals surface area contributed by atoms with Gasteiger partial charge in [0.15, 0.2) is 0 Å². The normalized spacial score (nSPS) is 22.9. The van der Waals surface area contributed by atoms with E-state index in [-0.39, 0.29) is 30.0 Å². The van der Waals surface area contributed by atoms with Crippen molar-refractivity contribution in [2.75, 3.05) is 12.0 Å². The summed E-state index contributed by atoms with van der Waals surface area (Å²) in [6, 6.07) is 4.19. The first-order valence-electron chi connectivity index (χ1n) is 12.9. The minimum atomic E-state index is -0.714. The highest BCUT2D eigenvalue weighted by molar-refractivity contribution is 5.95. The molecule has 192 valence electrons. The molecule has 3 aromatic rings. The Bertz CT molecular complexity index is 1290. The number of ether oxygens (including phenoxy) is 1. The Labute approximate surface area is 211 Å². The van der Waals surface area contributed by atoms with Crippen LogP contribution in [0.1, 0.15) is 74.9 Å². The molecule has 36 heavy (non-hydrogen) atoms. The second-order valence-electron chi connectivity index (χ2n) is 10.5. The van der Waals surface area contributed by atoms with Crippen LogP contribution in [0, 0.1) is 5.92 Å². The molecule has 1 aromatic carbocycles. The van der Waals surface area contributed by atoms with Gasteiger partial charge >= 0.3 is 12.1 Å². The molecule has 4 atom stereocenters. The van der Waals surface area contributed by atoms with Crippen LogP contribution in [-0.2, 0) is 29.4 Å². The van der Waals surface area contributed by atoms with Crippen molar-refractivity contribution in [3.8, 4) is 0 Å². The van der Waals surface area contributed by atoms with E-state index in [0.717, 1.165) is 72.2 Å². The molecule has 3 unspecified atom stereocenters. The number of imidazole rings is 1. The number of methoxy groups -OCH3 is 1. The zero-order valence-electron chi connectivity index (χ0n) is 21.5. The third kappa shape index (κ3) is 4.24. The van der Waals surface area contributed by atoms with Crippen LogP contribution in [0.25, 0.3) is 11.0 Å². The Morgan fingerprint density at radius 1 is 1.25 bits per heavy atom. The molecule has 1 aliphatic carbocycles. The van der Waals surface area contributed by atoms with E-state index in [9.17, 15) is 14.7 Å². The van der Waals surface area contributed by atoms with Gasteiger partial charge in [-0.25, -0.2) is 9.78 Å². The minimum Gasteiger partial charge on any atom is -0.481 e. The monoisotopic (exact) mass is 493 g/mol. The number of carbonyl (C=O) groups excluding carboxylic acids is 1. The summed E-state index contributed by atoms with van der Waals surface area (Å²) >= 11 is 0. The van der Waals surface area contributed by atoms with Crippen LogP contribution in [0.3, 0.4) is 0 Å². The zero-order chi connectivity index (χ0) is 25.6. The number of carboxylic acid groups (broad SMARTS) is 1. The van der Waals surface area contributed by atoms with Crippen molar-refractivity contribution in [3.63, 3.8) is 0 Å². The summed E-state index contributed by atoms with van der Waals surface area (Å²) in [6.45, 7) is 4.22. The maximum Gasteiger partial charge on any atom is 0.414 e. The van der Waals surface area contributed by atoms with Gasteiger partial charge in [0.2, 0.25) is 0 Å². The summed E-state index contributed by atoms with van der Waals surface area (Å²) in [5.74, 6) is 0.0355. The lowest BCUT2D eigenvalue weighted by Crippen LogP contribution is -2.42. The van der Waals surface area contributed by atoms with Gasteiger partial charge in [0.25, 0.3) is 0 Å². The molecule has 1 fully saturated rings. The minimum absolute atomic E-state index is 0.0446. The second kappa shape index (κ2) is 9.59. The van der Waals surface area contributed by atoms with Crippen LogP contribution in [0.4, 0.5) is 10.5 Å². The van der Waals surface area contributed by atoms with Crippen molar-refractivity contribution in [2.45, 2.75) is 76.8 Å². The lowest BCUT2D eigenvalue weighted by Gasteiger charge is -2.34. The first kappa shape index (κ1) is 24.3. The molecule has 3 heterocycles. The summed E-state index contributed by atoms with van der Waals surface area (Å²) in [7, 11) is 3.33. The van der Waals surface area contributed by atoms with E-state index < -0.39 is 5.97 Å². The number of aromatic nitrogens is 4. The molecule has 0 saturated heterocycles. The van der Waals surface area contributed by atoms with E-state index >= 15 is 0 Å². The van der Waals surface area contributed by atoms with E-state index in [4.69, 9.17) is 9.72 Å². The first-order valence-corrected chi connectivity index (χ1v) is 12.9. The van der Waals surface area contributed by atoms with Crippen LogP contribution in [0.2, 0.25) is 0 Å². The number of hydrogen-bond acceptors (Lipinski definition) is 5. The van der Waals surface area contributed by atoms with Gasteiger partial charge in [-0.15, -0.1) is 0 Å².